The molecule has 0 aliphatic rings. The van der Waals surface area contributed by atoms with Crippen LogP contribution < -0.4 is 10.9 Å². The molecule has 116 valence electrons. The molecule has 2 aromatic heterocycles. The van der Waals surface area contributed by atoms with Crippen LogP contribution in [0.3, 0.4) is 0 Å². The van der Waals surface area contributed by atoms with Gasteiger partial charge in [0.15, 0.2) is 0 Å². The number of amides is 1. The van der Waals surface area contributed by atoms with Crippen molar-refractivity contribution in [1.82, 2.24) is 10.3 Å². The Hall–Kier alpha value is -2.95. The van der Waals surface area contributed by atoms with E-state index in [0.717, 1.165) is 16.5 Å². The first-order valence-electron chi connectivity index (χ1n) is 7.31. The number of benzene rings is 1. The fourth-order valence-corrected chi connectivity index (χ4v) is 2.42. The van der Waals surface area contributed by atoms with Crippen molar-refractivity contribution in [2.45, 2.75) is 19.9 Å². The largest absolute Gasteiger partial charge is 0.423 e. The molecule has 0 bridgehead atoms. The lowest BCUT2D eigenvalue weighted by Gasteiger charge is -2.07. The molecule has 0 saturated carbocycles. The number of pyridine rings is 1. The quantitative estimate of drug-likeness (QED) is 0.751. The van der Waals surface area contributed by atoms with Crippen molar-refractivity contribution in [1.29, 1.82) is 0 Å². The molecule has 5 nitrogen and oxygen atoms in total. The normalized spacial score (nSPS) is 10.7. The van der Waals surface area contributed by atoms with Gasteiger partial charge in [0.25, 0.3) is 0 Å². The molecule has 0 atom stereocenters. The molecular formula is C18H16N2O3. The highest BCUT2D eigenvalue weighted by molar-refractivity contribution is 5.87. The number of nitrogens with zero attached hydrogens (tertiary/aromatic N) is 1. The molecule has 3 rings (SSSR count). The minimum absolute atomic E-state index is 0.130. The molecule has 23 heavy (non-hydrogen) atoms. The van der Waals surface area contributed by atoms with E-state index in [9.17, 15) is 9.59 Å². The molecule has 0 fully saturated rings. The first-order valence-corrected chi connectivity index (χ1v) is 7.31. The van der Waals surface area contributed by atoms with Gasteiger partial charge in [0, 0.05) is 30.4 Å². The Bertz CT molecular complexity index is 901. The molecule has 0 radical (unpaired) electrons. The lowest BCUT2D eigenvalue weighted by atomic mass is 10.1. The van der Waals surface area contributed by atoms with Crippen LogP contribution in [0.5, 0.6) is 0 Å². The van der Waals surface area contributed by atoms with Crippen molar-refractivity contribution in [2.75, 3.05) is 0 Å². The number of aromatic nitrogens is 1. The third-order valence-corrected chi connectivity index (χ3v) is 3.55. The van der Waals surface area contributed by atoms with E-state index in [0.29, 0.717) is 17.7 Å². The van der Waals surface area contributed by atoms with E-state index < -0.39 is 5.63 Å². The molecule has 0 aliphatic carbocycles. The predicted octanol–water partition coefficient (Wildman–Crippen LogP) is 2.36. The SMILES string of the molecule is Cc1ccc2c(CC(=O)NCc3cccnc3)cc(=O)oc2c1. The Kier molecular flexibility index (Phi) is 4.19. The second-order valence-electron chi connectivity index (χ2n) is 5.41. The topological polar surface area (TPSA) is 72.2 Å². The minimum Gasteiger partial charge on any atom is -0.423 e. The van der Waals surface area contributed by atoms with Crippen LogP contribution in [0.15, 0.2) is 58.0 Å². The molecule has 0 aliphatic heterocycles. The molecule has 0 unspecified atom stereocenters. The number of aryl methyl sites for hydroxylation is 1. The summed E-state index contributed by atoms with van der Waals surface area (Å²) in [6, 6.07) is 10.7. The van der Waals surface area contributed by atoms with Gasteiger partial charge in [-0.3, -0.25) is 9.78 Å². The zero-order chi connectivity index (χ0) is 16.2. The first kappa shape index (κ1) is 15.0. The monoisotopic (exact) mass is 308 g/mol. The number of nitrogens with one attached hydrogen (secondary N) is 1. The van der Waals surface area contributed by atoms with Crippen LogP contribution in [-0.2, 0) is 17.8 Å². The van der Waals surface area contributed by atoms with E-state index in [1.807, 2.05) is 31.2 Å². The van der Waals surface area contributed by atoms with Crippen molar-refractivity contribution in [2.24, 2.45) is 0 Å². The second-order valence-corrected chi connectivity index (χ2v) is 5.41. The molecule has 1 N–H and O–H groups in total. The molecule has 1 aromatic carbocycles. The molecule has 0 spiro atoms. The lowest BCUT2D eigenvalue weighted by Crippen LogP contribution is -2.25. The summed E-state index contributed by atoms with van der Waals surface area (Å²) in [6.45, 7) is 2.33. The van der Waals surface area contributed by atoms with E-state index in [-0.39, 0.29) is 12.3 Å². The van der Waals surface area contributed by atoms with Gasteiger partial charge >= 0.3 is 5.63 Å². The van der Waals surface area contributed by atoms with Gasteiger partial charge in [-0.1, -0.05) is 18.2 Å². The highest BCUT2D eigenvalue weighted by Gasteiger charge is 2.10. The fraction of sp³-hybridized carbons (Fsp3) is 0.167. The Morgan fingerprint density at radius 1 is 1.26 bits per heavy atom. The van der Waals surface area contributed by atoms with E-state index in [2.05, 4.69) is 10.3 Å². The van der Waals surface area contributed by atoms with Gasteiger partial charge in [0.1, 0.15) is 5.58 Å². The van der Waals surface area contributed by atoms with Crippen molar-refractivity contribution in [3.05, 3.63) is 75.9 Å². The first-order chi connectivity index (χ1) is 11.1. The summed E-state index contributed by atoms with van der Waals surface area (Å²) in [5.41, 5.74) is 2.65. The van der Waals surface area contributed by atoms with Gasteiger partial charge in [0.2, 0.25) is 5.91 Å². The highest BCUT2D eigenvalue weighted by atomic mass is 16.4. The smallest absolute Gasteiger partial charge is 0.336 e. The third kappa shape index (κ3) is 3.63. The summed E-state index contributed by atoms with van der Waals surface area (Å²) in [5, 5.41) is 3.62. The van der Waals surface area contributed by atoms with Gasteiger partial charge in [0.05, 0.1) is 6.42 Å². The van der Waals surface area contributed by atoms with Crippen LogP contribution in [0, 0.1) is 6.92 Å². The van der Waals surface area contributed by atoms with Gasteiger partial charge in [-0.15, -0.1) is 0 Å². The van der Waals surface area contributed by atoms with Crippen LogP contribution in [0.4, 0.5) is 0 Å². The van der Waals surface area contributed by atoms with Crippen molar-refractivity contribution >= 4 is 16.9 Å². The van der Waals surface area contributed by atoms with Crippen molar-refractivity contribution in [3.8, 4) is 0 Å². The maximum atomic E-state index is 12.1. The highest BCUT2D eigenvalue weighted by Crippen LogP contribution is 2.18. The number of fused-ring (bicyclic) bond motifs is 1. The van der Waals surface area contributed by atoms with E-state index in [1.54, 1.807) is 18.5 Å². The van der Waals surface area contributed by atoms with E-state index in [1.165, 1.54) is 6.07 Å². The molecule has 5 heteroatoms. The van der Waals surface area contributed by atoms with Gasteiger partial charge in [-0.2, -0.15) is 0 Å². The van der Waals surface area contributed by atoms with E-state index in [4.69, 9.17) is 4.42 Å². The van der Waals surface area contributed by atoms with Crippen LogP contribution in [0.25, 0.3) is 11.0 Å². The number of carbonyl (C=O) groups is 1. The van der Waals surface area contributed by atoms with Crippen LogP contribution in [0.1, 0.15) is 16.7 Å². The number of hydrogen-bond acceptors (Lipinski definition) is 4. The molecule has 3 aromatic rings. The van der Waals surface area contributed by atoms with Crippen LogP contribution in [-0.4, -0.2) is 10.9 Å². The summed E-state index contributed by atoms with van der Waals surface area (Å²) in [6.07, 6.45) is 3.52. The second kappa shape index (κ2) is 6.44. The van der Waals surface area contributed by atoms with Crippen molar-refractivity contribution in [3.63, 3.8) is 0 Å². The maximum absolute atomic E-state index is 12.1. The number of carbonyl (C=O) groups excluding carboxylic acids is 1. The van der Waals surface area contributed by atoms with Crippen LogP contribution in [0.2, 0.25) is 0 Å². The predicted molar refractivity (Wildman–Crippen MR) is 87.0 cm³/mol. The summed E-state index contributed by atoms with van der Waals surface area (Å²) < 4.78 is 5.20. The molecule has 1 amide bonds. The Labute approximate surface area is 133 Å². The summed E-state index contributed by atoms with van der Waals surface area (Å²) >= 11 is 0. The standard InChI is InChI=1S/C18H16N2O3/c1-12-4-5-15-14(9-18(22)23-16(15)7-12)8-17(21)20-11-13-3-2-6-19-10-13/h2-7,9-10H,8,11H2,1H3,(H,20,21). The molecule has 2 heterocycles. The average Bonchev–Trinajstić information content (AvgIpc) is 2.53. The minimum atomic E-state index is -0.446. The Morgan fingerprint density at radius 3 is 2.91 bits per heavy atom. The maximum Gasteiger partial charge on any atom is 0.336 e. The van der Waals surface area contributed by atoms with E-state index >= 15 is 0 Å². The van der Waals surface area contributed by atoms with Gasteiger partial charge < -0.3 is 9.73 Å². The number of hydrogen-bond donors (Lipinski definition) is 1. The zero-order valence-corrected chi connectivity index (χ0v) is 12.7. The zero-order valence-electron chi connectivity index (χ0n) is 12.7. The Balaban J connectivity index is 1.78. The van der Waals surface area contributed by atoms with Crippen LogP contribution >= 0.6 is 0 Å². The summed E-state index contributed by atoms with van der Waals surface area (Å²) in [5.74, 6) is -0.152. The van der Waals surface area contributed by atoms with Gasteiger partial charge in [-0.05, 0) is 35.7 Å². The Morgan fingerprint density at radius 2 is 2.13 bits per heavy atom. The third-order valence-electron chi connectivity index (χ3n) is 3.55. The molecular weight excluding hydrogens is 292 g/mol. The summed E-state index contributed by atoms with van der Waals surface area (Å²) in [7, 11) is 0. The number of rotatable bonds is 4. The fourth-order valence-electron chi connectivity index (χ4n) is 2.42. The average molecular weight is 308 g/mol. The molecule has 0 saturated heterocycles. The summed E-state index contributed by atoms with van der Waals surface area (Å²) in [4.78, 5) is 27.8. The lowest BCUT2D eigenvalue weighted by molar-refractivity contribution is -0.120. The van der Waals surface area contributed by atoms with Crippen molar-refractivity contribution < 1.29 is 9.21 Å². The van der Waals surface area contributed by atoms with Gasteiger partial charge in [-0.25, -0.2) is 4.79 Å².